The summed E-state index contributed by atoms with van der Waals surface area (Å²) in [7, 11) is 0. The van der Waals surface area contributed by atoms with E-state index in [0.29, 0.717) is 0 Å². The third-order valence-corrected chi connectivity index (χ3v) is 1.89. The van der Waals surface area contributed by atoms with Gasteiger partial charge in [-0.1, -0.05) is 26.0 Å². The number of hydrogen-bond donors (Lipinski definition) is 1. The van der Waals surface area contributed by atoms with Gasteiger partial charge in [0.1, 0.15) is 0 Å². The highest BCUT2D eigenvalue weighted by molar-refractivity contribution is 5.21. The van der Waals surface area contributed by atoms with Gasteiger partial charge in [-0.3, -0.25) is 0 Å². The minimum atomic E-state index is 0.724. The zero-order chi connectivity index (χ0) is 8.10. The Balaban J connectivity index is 2.31. The fourth-order valence-corrected chi connectivity index (χ4v) is 1.13. The van der Waals surface area contributed by atoms with E-state index in [0.717, 1.165) is 12.5 Å². The lowest BCUT2D eigenvalue weighted by atomic mass is 10.0. The Morgan fingerprint density at radius 3 is 3.00 bits per heavy atom. The zero-order valence-corrected chi connectivity index (χ0v) is 7.43. The van der Waals surface area contributed by atoms with Gasteiger partial charge in [-0.25, -0.2) is 0 Å². The Morgan fingerprint density at radius 2 is 2.45 bits per heavy atom. The molecule has 1 aliphatic carbocycles. The highest BCUT2D eigenvalue weighted by Crippen LogP contribution is 2.13. The number of nitrogens with one attached hydrogen (secondary N) is 1. The van der Waals surface area contributed by atoms with Crippen molar-refractivity contribution in [2.45, 2.75) is 26.7 Å². The predicted molar refractivity (Wildman–Crippen MR) is 49.3 cm³/mol. The Bertz CT molecular complexity index is 168. The standard InChI is InChI=1S/C10H17N/c1-3-8-11-10-6-4-9(2)5-7-10/h4,6-7,9,11H,3,5,8H2,1-2H3. The molecule has 0 amide bonds. The molecule has 1 N–H and O–H groups in total. The van der Waals surface area contributed by atoms with E-state index in [1.165, 1.54) is 18.5 Å². The first-order valence-corrected chi connectivity index (χ1v) is 4.45. The van der Waals surface area contributed by atoms with Crippen LogP contribution in [0.15, 0.2) is 23.9 Å². The fourth-order valence-electron chi connectivity index (χ4n) is 1.13. The lowest BCUT2D eigenvalue weighted by Gasteiger charge is -2.12. The maximum absolute atomic E-state index is 3.37. The van der Waals surface area contributed by atoms with E-state index in [1.807, 2.05) is 0 Å². The summed E-state index contributed by atoms with van der Waals surface area (Å²) in [6.45, 7) is 5.51. The van der Waals surface area contributed by atoms with E-state index >= 15 is 0 Å². The summed E-state index contributed by atoms with van der Waals surface area (Å²) in [6.07, 6.45) is 9.10. The molecule has 0 fully saturated rings. The summed E-state index contributed by atoms with van der Waals surface area (Å²) in [5, 5.41) is 3.37. The largest absolute Gasteiger partial charge is 0.385 e. The number of hydrogen-bond acceptors (Lipinski definition) is 1. The quantitative estimate of drug-likeness (QED) is 0.653. The van der Waals surface area contributed by atoms with Crippen LogP contribution in [0.25, 0.3) is 0 Å². The molecule has 1 aliphatic rings. The van der Waals surface area contributed by atoms with Crippen molar-refractivity contribution in [3.63, 3.8) is 0 Å². The highest BCUT2D eigenvalue weighted by Gasteiger charge is 2.01. The molecule has 0 aromatic carbocycles. The van der Waals surface area contributed by atoms with Crippen molar-refractivity contribution in [3.05, 3.63) is 23.9 Å². The number of rotatable bonds is 3. The van der Waals surface area contributed by atoms with Crippen molar-refractivity contribution in [2.24, 2.45) is 5.92 Å². The van der Waals surface area contributed by atoms with E-state index in [1.54, 1.807) is 0 Å². The van der Waals surface area contributed by atoms with Gasteiger partial charge in [-0.15, -0.1) is 0 Å². The monoisotopic (exact) mass is 151 g/mol. The third-order valence-electron chi connectivity index (χ3n) is 1.89. The van der Waals surface area contributed by atoms with Crippen LogP contribution in [0.4, 0.5) is 0 Å². The van der Waals surface area contributed by atoms with Crippen LogP contribution in [-0.2, 0) is 0 Å². The normalized spacial score (nSPS) is 23.1. The predicted octanol–water partition coefficient (Wildman–Crippen LogP) is 2.47. The van der Waals surface area contributed by atoms with Crippen LogP contribution in [0, 0.1) is 5.92 Å². The maximum Gasteiger partial charge on any atom is 0.0296 e. The second-order valence-corrected chi connectivity index (χ2v) is 3.16. The minimum absolute atomic E-state index is 0.724. The van der Waals surface area contributed by atoms with Crippen LogP contribution in [0.1, 0.15) is 26.7 Å². The summed E-state index contributed by atoms with van der Waals surface area (Å²) in [5.41, 5.74) is 1.30. The van der Waals surface area contributed by atoms with Crippen LogP contribution >= 0.6 is 0 Å². The average molecular weight is 151 g/mol. The summed E-state index contributed by atoms with van der Waals surface area (Å²) < 4.78 is 0. The zero-order valence-electron chi connectivity index (χ0n) is 7.43. The first-order valence-electron chi connectivity index (χ1n) is 4.45. The summed E-state index contributed by atoms with van der Waals surface area (Å²) >= 11 is 0. The van der Waals surface area contributed by atoms with Crippen molar-refractivity contribution in [3.8, 4) is 0 Å². The Morgan fingerprint density at radius 1 is 1.64 bits per heavy atom. The molecule has 0 bridgehead atoms. The van der Waals surface area contributed by atoms with Gasteiger partial charge < -0.3 is 5.32 Å². The smallest absolute Gasteiger partial charge is 0.0296 e. The molecule has 11 heavy (non-hydrogen) atoms. The molecule has 0 aliphatic heterocycles. The van der Waals surface area contributed by atoms with Crippen LogP contribution in [-0.4, -0.2) is 6.54 Å². The topological polar surface area (TPSA) is 12.0 Å². The van der Waals surface area contributed by atoms with Gasteiger partial charge in [0.25, 0.3) is 0 Å². The van der Waals surface area contributed by atoms with Gasteiger partial charge in [-0.05, 0) is 24.8 Å². The Hall–Kier alpha value is -0.720. The molecule has 0 saturated heterocycles. The molecule has 1 atom stereocenters. The second kappa shape index (κ2) is 4.22. The van der Waals surface area contributed by atoms with Gasteiger partial charge in [0.15, 0.2) is 0 Å². The molecule has 0 spiro atoms. The van der Waals surface area contributed by atoms with Crippen molar-refractivity contribution < 1.29 is 0 Å². The van der Waals surface area contributed by atoms with E-state index in [2.05, 4.69) is 37.4 Å². The summed E-state index contributed by atoms with van der Waals surface area (Å²) in [6, 6.07) is 0. The molecule has 0 aromatic rings. The lowest BCUT2D eigenvalue weighted by molar-refractivity contribution is 0.704. The van der Waals surface area contributed by atoms with Crippen molar-refractivity contribution in [1.29, 1.82) is 0 Å². The maximum atomic E-state index is 3.37. The highest BCUT2D eigenvalue weighted by atomic mass is 14.9. The van der Waals surface area contributed by atoms with Crippen LogP contribution in [0.2, 0.25) is 0 Å². The minimum Gasteiger partial charge on any atom is -0.385 e. The number of allylic oxidation sites excluding steroid dienone is 3. The lowest BCUT2D eigenvalue weighted by Crippen LogP contribution is -2.14. The molecule has 0 radical (unpaired) electrons. The summed E-state index contributed by atoms with van der Waals surface area (Å²) in [5.74, 6) is 0.724. The molecule has 1 heteroatoms. The van der Waals surface area contributed by atoms with Crippen LogP contribution in [0.5, 0.6) is 0 Å². The second-order valence-electron chi connectivity index (χ2n) is 3.16. The van der Waals surface area contributed by atoms with Crippen molar-refractivity contribution in [2.75, 3.05) is 6.54 Å². The summed E-state index contributed by atoms with van der Waals surface area (Å²) in [4.78, 5) is 0. The molecule has 0 saturated carbocycles. The molecule has 0 heterocycles. The molecule has 62 valence electrons. The van der Waals surface area contributed by atoms with E-state index in [4.69, 9.17) is 0 Å². The molecular weight excluding hydrogens is 134 g/mol. The molecular formula is C10H17N. The molecule has 1 rings (SSSR count). The molecule has 0 aromatic heterocycles. The molecule has 1 nitrogen and oxygen atoms in total. The van der Waals surface area contributed by atoms with Gasteiger partial charge in [0.05, 0.1) is 0 Å². The van der Waals surface area contributed by atoms with Gasteiger partial charge in [0.2, 0.25) is 0 Å². The van der Waals surface area contributed by atoms with E-state index in [9.17, 15) is 0 Å². The Labute approximate surface area is 69.2 Å². The van der Waals surface area contributed by atoms with E-state index in [-0.39, 0.29) is 0 Å². The first kappa shape index (κ1) is 8.38. The van der Waals surface area contributed by atoms with Gasteiger partial charge in [0, 0.05) is 12.2 Å². The third kappa shape index (κ3) is 2.79. The van der Waals surface area contributed by atoms with Gasteiger partial charge in [-0.2, -0.15) is 0 Å². The van der Waals surface area contributed by atoms with Crippen molar-refractivity contribution >= 4 is 0 Å². The first-order chi connectivity index (χ1) is 5.33. The van der Waals surface area contributed by atoms with E-state index < -0.39 is 0 Å². The average Bonchev–Trinajstić information content (AvgIpc) is 2.04. The Kier molecular flexibility index (Phi) is 3.21. The van der Waals surface area contributed by atoms with Crippen LogP contribution in [0.3, 0.4) is 0 Å². The molecule has 1 unspecified atom stereocenters. The fraction of sp³-hybridized carbons (Fsp3) is 0.600. The van der Waals surface area contributed by atoms with Crippen molar-refractivity contribution in [1.82, 2.24) is 5.32 Å². The SMILES string of the molecule is CCCNC1=CCC(C)C=C1. The van der Waals surface area contributed by atoms with Crippen LogP contribution < -0.4 is 5.32 Å². The van der Waals surface area contributed by atoms with Gasteiger partial charge >= 0.3 is 0 Å².